The van der Waals surface area contributed by atoms with Gasteiger partial charge in [0.05, 0.1) is 0 Å². The highest BCUT2D eigenvalue weighted by molar-refractivity contribution is 9.12. The Morgan fingerprint density at radius 3 is 2.52 bits per heavy atom. The third kappa shape index (κ3) is 4.15. The van der Waals surface area contributed by atoms with Crippen molar-refractivity contribution in [3.8, 4) is 11.8 Å². The van der Waals surface area contributed by atoms with E-state index in [-0.39, 0.29) is 5.92 Å². The molecule has 0 spiro atoms. The minimum atomic E-state index is -0.110. The molecule has 4 nitrogen and oxygen atoms in total. The van der Waals surface area contributed by atoms with Gasteiger partial charge in [0.1, 0.15) is 11.8 Å². The first-order valence-corrected chi connectivity index (χ1v) is 9.21. The summed E-state index contributed by atoms with van der Waals surface area (Å²) < 4.78 is 0.935. The number of hydrogen-bond acceptors (Lipinski definition) is 3. The van der Waals surface area contributed by atoms with Crippen molar-refractivity contribution in [2.24, 2.45) is 10.9 Å². The number of anilines is 1. The highest BCUT2D eigenvalue weighted by Crippen LogP contribution is 2.26. The normalized spacial score (nSPS) is 22.9. The number of aliphatic imine (C=N–C) groups is 1. The summed E-state index contributed by atoms with van der Waals surface area (Å²) in [6.45, 7) is 8.49. The van der Waals surface area contributed by atoms with Crippen LogP contribution in [0.5, 0.6) is 0 Å². The molecule has 0 aliphatic carbocycles. The van der Waals surface area contributed by atoms with Gasteiger partial charge in [-0.05, 0) is 52.8 Å². The first-order valence-electron chi connectivity index (χ1n) is 8.41. The van der Waals surface area contributed by atoms with E-state index >= 15 is 0 Å². The zero-order valence-electron chi connectivity index (χ0n) is 14.7. The second-order valence-corrected chi connectivity index (χ2v) is 7.16. The molecule has 0 saturated carbocycles. The fourth-order valence-electron chi connectivity index (χ4n) is 2.94. The second-order valence-electron chi connectivity index (χ2n) is 6.31. The van der Waals surface area contributed by atoms with Gasteiger partial charge in [-0.3, -0.25) is 4.99 Å². The van der Waals surface area contributed by atoms with Crippen LogP contribution in [0.1, 0.15) is 5.56 Å². The Kier molecular flexibility index (Phi) is 5.62. The summed E-state index contributed by atoms with van der Waals surface area (Å²) in [5.41, 5.74) is 3.21. The molecule has 1 aromatic carbocycles. The summed E-state index contributed by atoms with van der Waals surface area (Å²) in [5.74, 6) is 7.27. The largest absolute Gasteiger partial charge is 0.369 e. The van der Waals surface area contributed by atoms with E-state index in [1.54, 1.807) is 7.05 Å². The molecule has 0 amide bonds. The summed E-state index contributed by atoms with van der Waals surface area (Å²) in [7, 11) is 3.94. The van der Waals surface area contributed by atoms with E-state index < -0.39 is 0 Å². The summed E-state index contributed by atoms with van der Waals surface area (Å²) in [6, 6.07) is 8.50. The number of allylic oxidation sites excluding steroid dienone is 1. The Bertz CT molecular complexity index is 757. The second kappa shape index (κ2) is 7.90. The van der Waals surface area contributed by atoms with Gasteiger partial charge in [0.2, 0.25) is 0 Å². The molecule has 1 fully saturated rings. The third-order valence-corrected chi connectivity index (χ3v) is 5.35. The standard InChI is InChI=1S/C20H23BrN4/c1-15-18(20(22-2)23-14-19(15)21)9-6-16-4-7-17(8-5-16)25-12-10-24(3)11-13-25/h4-5,7-8,14,18H,1,10-13H2,2-3H3,(H,22,23). The van der Waals surface area contributed by atoms with Gasteiger partial charge < -0.3 is 15.1 Å². The lowest BCUT2D eigenvalue weighted by molar-refractivity contribution is 0.313. The Balaban J connectivity index is 1.73. The Morgan fingerprint density at radius 2 is 1.88 bits per heavy atom. The van der Waals surface area contributed by atoms with Crippen molar-refractivity contribution >= 4 is 27.5 Å². The first kappa shape index (κ1) is 17.8. The van der Waals surface area contributed by atoms with Crippen LogP contribution in [0, 0.1) is 17.8 Å². The van der Waals surface area contributed by atoms with Crippen LogP contribution in [0.25, 0.3) is 0 Å². The number of benzene rings is 1. The molecular weight excluding hydrogens is 376 g/mol. The van der Waals surface area contributed by atoms with Crippen molar-refractivity contribution in [1.29, 1.82) is 0 Å². The molecule has 2 aliphatic rings. The van der Waals surface area contributed by atoms with Crippen LogP contribution in [0.2, 0.25) is 0 Å². The molecule has 2 heterocycles. The molecular formula is C20H23BrN4. The van der Waals surface area contributed by atoms with Gasteiger partial charge >= 0.3 is 0 Å². The van der Waals surface area contributed by atoms with Crippen molar-refractivity contribution in [2.45, 2.75) is 0 Å². The molecule has 130 valence electrons. The van der Waals surface area contributed by atoms with Crippen LogP contribution in [0.15, 0.2) is 52.1 Å². The van der Waals surface area contributed by atoms with Gasteiger partial charge in [-0.2, -0.15) is 0 Å². The maximum Gasteiger partial charge on any atom is 0.120 e. The van der Waals surface area contributed by atoms with Crippen molar-refractivity contribution in [2.75, 3.05) is 45.2 Å². The first-order chi connectivity index (χ1) is 12.1. The fourth-order valence-corrected chi connectivity index (χ4v) is 3.28. The molecule has 0 radical (unpaired) electrons. The highest BCUT2D eigenvalue weighted by atomic mass is 79.9. The zero-order valence-corrected chi connectivity index (χ0v) is 16.3. The maximum atomic E-state index is 4.27. The van der Waals surface area contributed by atoms with E-state index in [0.717, 1.165) is 47.6 Å². The number of piperazine rings is 1. The van der Waals surface area contributed by atoms with E-state index in [1.165, 1.54) is 5.69 Å². The topological polar surface area (TPSA) is 30.9 Å². The van der Waals surface area contributed by atoms with E-state index in [9.17, 15) is 0 Å². The molecule has 1 saturated heterocycles. The lowest BCUT2D eigenvalue weighted by Gasteiger charge is -2.34. The van der Waals surface area contributed by atoms with E-state index in [0.29, 0.717) is 0 Å². The monoisotopic (exact) mass is 398 g/mol. The number of amidine groups is 1. The van der Waals surface area contributed by atoms with Crippen molar-refractivity contribution in [3.05, 3.63) is 52.7 Å². The summed E-state index contributed by atoms with van der Waals surface area (Å²) >= 11 is 3.50. The average molecular weight is 399 g/mol. The predicted octanol–water partition coefficient (Wildman–Crippen LogP) is 2.83. The number of hydrogen-bond donors (Lipinski definition) is 1. The number of halogens is 1. The predicted molar refractivity (Wildman–Crippen MR) is 109 cm³/mol. The molecule has 3 rings (SSSR count). The van der Waals surface area contributed by atoms with Crippen molar-refractivity contribution in [3.63, 3.8) is 0 Å². The lowest BCUT2D eigenvalue weighted by atomic mass is 9.96. The Morgan fingerprint density at radius 1 is 1.20 bits per heavy atom. The minimum absolute atomic E-state index is 0.110. The van der Waals surface area contributed by atoms with Gasteiger partial charge in [-0.1, -0.05) is 18.4 Å². The Hall–Kier alpha value is -2.03. The molecule has 1 N–H and O–H groups in total. The molecule has 0 aromatic heterocycles. The van der Waals surface area contributed by atoms with Crippen LogP contribution in [-0.4, -0.2) is 51.0 Å². The van der Waals surface area contributed by atoms with Gasteiger partial charge in [-0.15, -0.1) is 0 Å². The van der Waals surface area contributed by atoms with Crippen LogP contribution >= 0.6 is 15.9 Å². The number of nitrogens with zero attached hydrogens (tertiary/aromatic N) is 3. The molecule has 1 unspecified atom stereocenters. The van der Waals surface area contributed by atoms with Crippen LogP contribution in [-0.2, 0) is 0 Å². The quantitative estimate of drug-likeness (QED) is 0.737. The van der Waals surface area contributed by atoms with Gasteiger partial charge in [-0.25, -0.2) is 0 Å². The molecule has 0 bridgehead atoms. The molecule has 5 heteroatoms. The maximum absolute atomic E-state index is 4.27. The molecule has 25 heavy (non-hydrogen) atoms. The van der Waals surface area contributed by atoms with Gasteiger partial charge in [0.15, 0.2) is 0 Å². The molecule has 1 atom stereocenters. The number of rotatable bonds is 1. The van der Waals surface area contributed by atoms with E-state index in [4.69, 9.17) is 0 Å². The van der Waals surface area contributed by atoms with Crippen molar-refractivity contribution < 1.29 is 0 Å². The van der Waals surface area contributed by atoms with Crippen molar-refractivity contribution in [1.82, 2.24) is 10.2 Å². The minimum Gasteiger partial charge on any atom is -0.369 e. The van der Waals surface area contributed by atoms with E-state index in [1.807, 2.05) is 6.20 Å². The number of likely N-dealkylation sites (N-methyl/N-ethyl adjacent to an activating group) is 1. The van der Waals surface area contributed by atoms with Crippen LogP contribution in [0.4, 0.5) is 5.69 Å². The smallest absolute Gasteiger partial charge is 0.120 e. The van der Waals surface area contributed by atoms with Gasteiger partial charge in [0.25, 0.3) is 0 Å². The van der Waals surface area contributed by atoms with Gasteiger partial charge in [0, 0.05) is 55.2 Å². The molecule has 1 aromatic rings. The SMILES string of the molecule is C=C1C(Br)=CNC(=NC)C1C#Cc1ccc(N2CCN(C)CC2)cc1. The summed E-state index contributed by atoms with van der Waals surface area (Å²) in [4.78, 5) is 9.06. The lowest BCUT2D eigenvalue weighted by Crippen LogP contribution is -2.44. The third-order valence-electron chi connectivity index (χ3n) is 4.61. The highest BCUT2D eigenvalue weighted by Gasteiger charge is 2.22. The Labute approximate surface area is 158 Å². The molecule has 2 aliphatic heterocycles. The average Bonchev–Trinajstić information content (AvgIpc) is 2.64. The van der Waals surface area contributed by atoms with Crippen LogP contribution < -0.4 is 10.2 Å². The number of nitrogens with one attached hydrogen (secondary N) is 1. The zero-order chi connectivity index (χ0) is 17.8. The van der Waals surface area contributed by atoms with Crippen LogP contribution in [0.3, 0.4) is 0 Å². The summed E-state index contributed by atoms with van der Waals surface area (Å²) in [6.07, 6.45) is 1.85. The van der Waals surface area contributed by atoms with E-state index in [2.05, 4.69) is 85.8 Å². The summed E-state index contributed by atoms with van der Waals surface area (Å²) in [5, 5.41) is 3.16. The fraction of sp³-hybridized carbons (Fsp3) is 0.350.